The first-order valence-electron chi connectivity index (χ1n) is 11.9. The van der Waals surface area contributed by atoms with Crippen molar-refractivity contribution in [2.75, 3.05) is 19.5 Å². The lowest BCUT2D eigenvalue weighted by molar-refractivity contribution is -0.282. The van der Waals surface area contributed by atoms with Gasteiger partial charge in [0, 0.05) is 23.6 Å². The van der Waals surface area contributed by atoms with E-state index in [4.69, 9.17) is 32.8 Å². The minimum Gasteiger partial charge on any atom is -0.497 e. The molecule has 200 valence electrons. The van der Waals surface area contributed by atoms with Gasteiger partial charge in [-0.05, 0) is 57.2 Å². The zero-order chi connectivity index (χ0) is 27.2. The van der Waals surface area contributed by atoms with Crippen LogP contribution in [-0.2, 0) is 18.9 Å². The number of anilines is 1. The molecule has 11 nitrogen and oxygen atoms in total. The fraction of sp³-hybridized carbons (Fsp3) is 0.370. The average molecular weight is 526 g/mol. The van der Waals surface area contributed by atoms with Crippen LogP contribution in [0.25, 0.3) is 11.0 Å². The van der Waals surface area contributed by atoms with E-state index < -0.39 is 47.9 Å². The highest BCUT2D eigenvalue weighted by atomic mass is 16.8. The molecule has 2 saturated heterocycles. The summed E-state index contributed by atoms with van der Waals surface area (Å²) in [6, 6.07) is 11.4. The molecule has 0 bridgehead atoms. The summed E-state index contributed by atoms with van der Waals surface area (Å²) in [6.45, 7) is 5.32. The smallest absolute Gasteiger partial charge is 0.497 e. The van der Waals surface area contributed by atoms with Gasteiger partial charge in [0.1, 0.15) is 28.9 Å². The van der Waals surface area contributed by atoms with Gasteiger partial charge in [-0.3, -0.25) is 4.79 Å². The van der Waals surface area contributed by atoms with Crippen molar-refractivity contribution >= 4 is 28.7 Å². The summed E-state index contributed by atoms with van der Waals surface area (Å²) < 4.78 is 39.1. The number of hydrogen-bond donors (Lipinski definition) is 1. The Morgan fingerprint density at radius 3 is 2.53 bits per heavy atom. The molecule has 1 aromatic heterocycles. The fourth-order valence-corrected chi connectivity index (χ4v) is 4.77. The Morgan fingerprint density at radius 1 is 1.03 bits per heavy atom. The predicted molar refractivity (Wildman–Crippen MR) is 134 cm³/mol. The summed E-state index contributed by atoms with van der Waals surface area (Å²) in [7, 11) is 3.00. The topological polar surface area (TPSA) is 132 Å². The number of amides is 1. The Kier molecular flexibility index (Phi) is 6.49. The molecule has 0 spiro atoms. The summed E-state index contributed by atoms with van der Waals surface area (Å²) in [5.41, 5.74) is -0.494. The van der Waals surface area contributed by atoms with Crippen LogP contribution in [0.15, 0.2) is 51.7 Å². The van der Waals surface area contributed by atoms with Gasteiger partial charge in [-0.25, -0.2) is 9.59 Å². The van der Waals surface area contributed by atoms with E-state index in [-0.39, 0.29) is 11.3 Å². The predicted octanol–water partition coefficient (Wildman–Crippen LogP) is 3.80. The maximum Gasteiger partial charge on any atom is 0.509 e. The highest BCUT2D eigenvalue weighted by Gasteiger charge is 2.59. The lowest BCUT2D eigenvalue weighted by Gasteiger charge is -2.45. The van der Waals surface area contributed by atoms with E-state index in [1.807, 2.05) is 0 Å². The molecular weight excluding hydrogens is 498 g/mol. The first-order valence-corrected chi connectivity index (χ1v) is 11.9. The van der Waals surface area contributed by atoms with Crippen molar-refractivity contribution in [3.05, 3.63) is 64.0 Å². The van der Waals surface area contributed by atoms with Crippen molar-refractivity contribution in [3.63, 3.8) is 0 Å². The highest BCUT2D eigenvalue weighted by molar-refractivity contribution is 6.05. The summed E-state index contributed by atoms with van der Waals surface area (Å²) in [5, 5.41) is 3.15. The Morgan fingerprint density at radius 2 is 1.79 bits per heavy atom. The van der Waals surface area contributed by atoms with Gasteiger partial charge < -0.3 is 38.2 Å². The molecule has 5 rings (SSSR count). The normalized spacial score (nSPS) is 23.8. The largest absolute Gasteiger partial charge is 0.509 e. The van der Waals surface area contributed by atoms with E-state index in [9.17, 15) is 14.4 Å². The molecular formula is C27H27NO10. The van der Waals surface area contributed by atoms with Crippen LogP contribution < -0.4 is 20.4 Å². The molecule has 0 aliphatic carbocycles. The Labute approximate surface area is 217 Å². The number of carbonyl (C=O) groups is 2. The van der Waals surface area contributed by atoms with Crippen LogP contribution >= 0.6 is 0 Å². The molecule has 0 saturated carbocycles. The van der Waals surface area contributed by atoms with Gasteiger partial charge in [0.15, 0.2) is 6.10 Å². The second-order valence-corrected chi connectivity index (χ2v) is 9.52. The number of benzene rings is 2. The summed E-state index contributed by atoms with van der Waals surface area (Å²) >= 11 is 0. The molecule has 11 heteroatoms. The van der Waals surface area contributed by atoms with Crippen LogP contribution in [0.4, 0.5) is 10.5 Å². The monoisotopic (exact) mass is 525 g/mol. The van der Waals surface area contributed by atoms with Crippen molar-refractivity contribution in [1.29, 1.82) is 0 Å². The Bertz CT molecular complexity index is 1460. The van der Waals surface area contributed by atoms with Crippen LogP contribution in [-0.4, -0.2) is 56.5 Å². The van der Waals surface area contributed by atoms with Crippen LogP contribution in [0.1, 0.15) is 29.8 Å². The zero-order valence-corrected chi connectivity index (χ0v) is 21.4. The maximum absolute atomic E-state index is 12.8. The quantitative estimate of drug-likeness (QED) is 0.374. The van der Waals surface area contributed by atoms with Crippen LogP contribution in [0.5, 0.6) is 11.5 Å². The van der Waals surface area contributed by atoms with Gasteiger partial charge in [0.2, 0.25) is 12.4 Å². The van der Waals surface area contributed by atoms with Crippen LogP contribution in [0, 0.1) is 6.92 Å². The number of aryl methyl sites for hydroxylation is 1. The van der Waals surface area contributed by atoms with Crippen molar-refractivity contribution in [2.24, 2.45) is 0 Å². The molecule has 1 N–H and O–H groups in total. The molecule has 1 amide bonds. The van der Waals surface area contributed by atoms with Gasteiger partial charge in [0.25, 0.3) is 5.91 Å². The van der Waals surface area contributed by atoms with Gasteiger partial charge in [-0.2, -0.15) is 0 Å². The highest BCUT2D eigenvalue weighted by Crippen LogP contribution is 2.39. The van der Waals surface area contributed by atoms with E-state index in [1.54, 1.807) is 57.2 Å². The number of carbonyl (C=O) groups excluding carboxylic acids is 2. The maximum atomic E-state index is 12.8. The standard InChI is InChI=1S/C27H27NO10/c1-13-18(34-25-21-20(36-26(31)37-21)22(33-5)27(2,3)38-25)10-9-14-12-17(24(30)35-19(13)14)28-23(29)15-7-6-8-16(11-15)32-4/h6-12,20-22,25H,1-5H3,(H,28,29)/t20-,21+,22-,25-/m1/s1. The molecule has 4 atom stereocenters. The van der Waals surface area contributed by atoms with E-state index in [0.29, 0.717) is 28.0 Å². The zero-order valence-electron chi connectivity index (χ0n) is 21.4. The molecule has 2 aromatic carbocycles. The van der Waals surface area contributed by atoms with E-state index >= 15 is 0 Å². The fourth-order valence-electron chi connectivity index (χ4n) is 4.77. The van der Waals surface area contributed by atoms with Crippen molar-refractivity contribution < 1.29 is 42.4 Å². The summed E-state index contributed by atoms with van der Waals surface area (Å²) in [6.07, 6.45) is -3.99. The Balaban J connectivity index is 1.41. The SMILES string of the molecule is COc1cccc(C(=O)Nc2cc3ccc(O[C@@H]4OC(C)(C)[C@H](OC)[C@@H]5OC(=O)O[C@H]45)c(C)c3oc2=O)c1. The van der Waals surface area contributed by atoms with Gasteiger partial charge in [-0.15, -0.1) is 0 Å². The minimum atomic E-state index is -1.00. The van der Waals surface area contributed by atoms with Gasteiger partial charge in [-0.1, -0.05) is 6.07 Å². The number of fused-ring (bicyclic) bond motifs is 2. The molecule has 3 heterocycles. The van der Waals surface area contributed by atoms with Crippen molar-refractivity contribution in [1.82, 2.24) is 0 Å². The van der Waals surface area contributed by atoms with Crippen molar-refractivity contribution in [2.45, 2.75) is 51.0 Å². The summed E-state index contributed by atoms with van der Waals surface area (Å²) in [4.78, 5) is 37.3. The second kappa shape index (κ2) is 9.66. The molecule has 2 aliphatic rings. The van der Waals surface area contributed by atoms with Crippen LogP contribution in [0.2, 0.25) is 0 Å². The molecule has 2 aliphatic heterocycles. The first-order chi connectivity index (χ1) is 18.1. The molecule has 0 unspecified atom stereocenters. The van der Waals surface area contributed by atoms with E-state index in [2.05, 4.69) is 5.32 Å². The third-order valence-electron chi connectivity index (χ3n) is 6.64. The Hall–Kier alpha value is -4.09. The molecule has 38 heavy (non-hydrogen) atoms. The molecule has 3 aromatic rings. The minimum absolute atomic E-state index is 0.0146. The lowest BCUT2D eigenvalue weighted by atomic mass is 9.89. The first kappa shape index (κ1) is 25.6. The van der Waals surface area contributed by atoms with E-state index in [0.717, 1.165) is 0 Å². The second-order valence-electron chi connectivity index (χ2n) is 9.52. The van der Waals surface area contributed by atoms with Crippen molar-refractivity contribution in [3.8, 4) is 11.5 Å². The number of methoxy groups -OCH3 is 2. The number of hydrogen-bond acceptors (Lipinski definition) is 10. The number of nitrogens with one attached hydrogen (secondary N) is 1. The molecule has 0 radical (unpaired) electrons. The molecule has 2 fully saturated rings. The number of ether oxygens (including phenoxy) is 6. The number of rotatable bonds is 6. The third-order valence-corrected chi connectivity index (χ3v) is 6.64. The third kappa shape index (κ3) is 4.54. The van der Waals surface area contributed by atoms with Gasteiger partial charge >= 0.3 is 11.8 Å². The van der Waals surface area contributed by atoms with Crippen LogP contribution in [0.3, 0.4) is 0 Å². The summed E-state index contributed by atoms with van der Waals surface area (Å²) in [5.74, 6) is 0.383. The van der Waals surface area contributed by atoms with E-state index in [1.165, 1.54) is 20.3 Å². The van der Waals surface area contributed by atoms with Gasteiger partial charge in [0.05, 0.1) is 12.7 Å². The lowest BCUT2D eigenvalue weighted by Crippen LogP contribution is -2.62. The average Bonchev–Trinajstić information content (AvgIpc) is 3.27.